The van der Waals surface area contributed by atoms with E-state index >= 15 is 0 Å². The number of carbonyl (C=O) groups is 1. The molecule has 132 valence electrons. The Balaban J connectivity index is 1.59. The van der Waals surface area contributed by atoms with Crippen LogP contribution in [0.15, 0.2) is 4.99 Å². The number of rotatable bonds is 5. The summed E-state index contributed by atoms with van der Waals surface area (Å²) in [7, 11) is 0. The SMILES string of the molecule is CCNC(=NCCc1sc(C)nc1C)N1CCN(C2CC2)C(=O)C1. The Morgan fingerprint density at radius 2 is 2.17 bits per heavy atom. The fraction of sp³-hybridized carbons (Fsp3) is 0.706. The van der Waals surface area contributed by atoms with Crippen molar-refractivity contribution in [1.82, 2.24) is 20.1 Å². The van der Waals surface area contributed by atoms with E-state index in [2.05, 4.69) is 29.0 Å². The van der Waals surface area contributed by atoms with Crippen molar-refractivity contribution in [3.8, 4) is 0 Å². The molecule has 2 heterocycles. The van der Waals surface area contributed by atoms with Crippen LogP contribution in [0.3, 0.4) is 0 Å². The lowest BCUT2D eigenvalue weighted by Gasteiger charge is -2.36. The summed E-state index contributed by atoms with van der Waals surface area (Å²) in [6.45, 7) is 9.84. The van der Waals surface area contributed by atoms with E-state index in [1.54, 1.807) is 11.3 Å². The van der Waals surface area contributed by atoms with Crippen molar-refractivity contribution in [1.29, 1.82) is 0 Å². The third-order valence-corrected chi connectivity index (χ3v) is 5.61. The van der Waals surface area contributed by atoms with Gasteiger partial charge in [0.05, 0.1) is 17.2 Å². The number of piperazine rings is 1. The highest BCUT2D eigenvalue weighted by atomic mass is 32.1. The minimum atomic E-state index is 0.239. The number of aromatic nitrogens is 1. The minimum Gasteiger partial charge on any atom is -0.357 e. The maximum Gasteiger partial charge on any atom is 0.242 e. The van der Waals surface area contributed by atoms with Crippen molar-refractivity contribution >= 4 is 23.2 Å². The quantitative estimate of drug-likeness (QED) is 0.648. The predicted octanol–water partition coefficient (Wildman–Crippen LogP) is 1.57. The number of carbonyl (C=O) groups excluding carboxylic acids is 1. The molecule has 1 amide bonds. The fourth-order valence-electron chi connectivity index (χ4n) is 3.13. The maximum absolute atomic E-state index is 12.3. The molecule has 6 nitrogen and oxygen atoms in total. The molecular formula is C17H27N5OS. The molecule has 3 rings (SSSR count). The van der Waals surface area contributed by atoms with Gasteiger partial charge in [-0.15, -0.1) is 11.3 Å². The third kappa shape index (κ3) is 4.06. The molecule has 0 spiro atoms. The molecule has 0 aromatic carbocycles. The number of aliphatic imine (C=N–C) groups is 1. The molecule has 0 atom stereocenters. The van der Waals surface area contributed by atoms with Crippen LogP contribution in [0.4, 0.5) is 0 Å². The van der Waals surface area contributed by atoms with E-state index < -0.39 is 0 Å². The second kappa shape index (κ2) is 7.51. The summed E-state index contributed by atoms with van der Waals surface area (Å²) in [6, 6.07) is 0.511. The Morgan fingerprint density at radius 1 is 1.38 bits per heavy atom. The van der Waals surface area contributed by atoms with Crippen molar-refractivity contribution < 1.29 is 4.79 Å². The molecule has 0 radical (unpaired) electrons. The normalized spacial score (nSPS) is 19.1. The van der Waals surface area contributed by atoms with E-state index in [4.69, 9.17) is 4.99 Å². The summed E-state index contributed by atoms with van der Waals surface area (Å²) in [5, 5.41) is 4.44. The second-order valence-electron chi connectivity index (χ2n) is 6.47. The molecule has 1 aliphatic heterocycles. The van der Waals surface area contributed by atoms with Gasteiger partial charge >= 0.3 is 0 Å². The summed E-state index contributed by atoms with van der Waals surface area (Å²) < 4.78 is 0. The Kier molecular flexibility index (Phi) is 5.38. The Morgan fingerprint density at radius 3 is 2.75 bits per heavy atom. The van der Waals surface area contributed by atoms with Crippen LogP contribution in [0.1, 0.15) is 35.3 Å². The molecular weight excluding hydrogens is 322 g/mol. The van der Waals surface area contributed by atoms with Gasteiger partial charge in [0, 0.05) is 43.5 Å². The van der Waals surface area contributed by atoms with Crippen LogP contribution in [0, 0.1) is 13.8 Å². The van der Waals surface area contributed by atoms with Crippen LogP contribution >= 0.6 is 11.3 Å². The molecule has 1 aromatic heterocycles. The molecule has 7 heteroatoms. The molecule has 1 N–H and O–H groups in total. The summed E-state index contributed by atoms with van der Waals surface area (Å²) in [6.07, 6.45) is 3.25. The lowest BCUT2D eigenvalue weighted by Crippen LogP contribution is -2.55. The van der Waals surface area contributed by atoms with Gasteiger partial charge in [-0.05, 0) is 33.6 Å². The van der Waals surface area contributed by atoms with Gasteiger partial charge in [-0.2, -0.15) is 0 Å². The van der Waals surface area contributed by atoms with Crippen molar-refractivity contribution in [2.45, 2.75) is 46.1 Å². The van der Waals surface area contributed by atoms with Gasteiger partial charge in [0.1, 0.15) is 0 Å². The van der Waals surface area contributed by atoms with E-state index in [1.807, 2.05) is 11.8 Å². The van der Waals surface area contributed by atoms with Crippen LogP contribution in [0.25, 0.3) is 0 Å². The van der Waals surface area contributed by atoms with Gasteiger partial charge in [-0.3, -0.25) is 9.79 Å². The maximum atomic E-state index is 12.3. The summed E-state index contributed by atoms with van der Waals surface area (Å²) >= 11 is 1.75. The van der Waals surface area contributed by atoms with Crippen LogP contribution in [0.2, 0.25) is 0 Å². The number of aryl methyl sites for hydroxylation is 2. The van der Waals surface area contributed by atoms with E-state index in [1.165, 1.54) is 17.7 Å². The molecule has 1 saturated carbocycles. The predicted molar refractivity (Wildman–Crippen MR) is 97.6 cm³/mol. The topological polar surface area (TPSA) is 60.8 Å². The number of nitrogens with one attached hydrogen (secondary N) is 1. The van der Waals surface area contributed by atoms with E-state index in [9.17, 15) is 4.79 Å². The molecule has 2 aliphatic rings. The minimum absolute atomic E-state index is 0.239. The van der Waals surface area contributed by atoms with Gasteiger partial charge in [0.15, 0.2) is 5.96 Å². The number of hydrogen-bond acceptors (Lipinski definition) is 4. The van der Waals surface area contributed by atoms with Gasteiger partial charge in [0.2, 0.25) is 5.91 Å². The standard InChI is InChI=1S/C17H27N5OS/c1-4-18-17(19-8-7-15-12(2)20-13(3)24-15)21-9-10-22(14-5-6-14)16(23)11-21/h14H,4-11H2,1-3H3,(H,18,19). The monoisotopic (exact) mass is 349 g/mol. The third-order valence-electron chi connectivity index (χ3n) is 4.48. The number of nitrogens with zero attached hydrogens (tertiary/aromatic N) is 4. The van der Waals surface area contributed by atoms with Crippen LogP contribution in [-0.2, 0) is 11.2 Å². The first kappa shape index (κ1) is 17.2. The molecule has 2 fully saturated rings. The smallest absolute Gasteiger partial charge is 0.242 e. The summed E-state index contributed by atoms with van der Waals surface area (Å²) in [5.74, 6) is 1.10. The summed E-state index contributed by atoms with van der Waals surface area (Å²) in [4.78, 5) is 27.0. The van der Waals surface area contributed by atoms with Gasteiger partial charge in [-0.1, -0.05) is 0 Å². The zero-order chi connectivity index (χ0) is 17.1. The molecule has 24 heavy (non-hydrogen) atoms. The van der Waals surface area contributed by atoms with Crippen LogP contribution in [0.5, 0.6) is 0 Å². The molecule has 1 saturated heterocycles. The first-order valence-electron chi connectivity index (χ1n) is 8.84. The lowest BCUT2D eigenvalue weighted by molar-refractivity contribution is -0.135. The number of guanidine groups is 1. The Bertz CT molecular complexity index is 622. The second-order valence-corrected chi connectivity index (χ2v) is 7.75. The zero-order valence-electron chi connectivity index (χ0n) is 14.8. The molecule has 1 aliphatic carbocycles. The molecule has 0 bridgehead atoms. The Hall–Kier alpha value is -1.63. The summed E-state index contributed by atoms with van der Waals surface area (Å²) in [5.41, 5.74) is 1.12. The van der Waals surface area contributed by atoms with Crippen molar-refractivity contribution in [2.24, 2.45) is 4.99 Å². The highest BCUT2D eigenvalue weighted by Crippen LogP contribution is 2.28. The fourth-order valence-corrected chi connectivity index (χ4v) is 4.06. The van der Waals surface area contributed by atoms with E-state index in [0.717, 1.165) is 49.3 Å². The highest BCUT2D eigenvalue weighted by molar-refractivity contribution is 7.11. The van der Waals surface area contributed by atoms with Crippen molar-refractivity contribution in [3.63, 3.8) is 0 Å². The highest BCUT2D eigenvalue weighted by Gasteiger charge is 2.36. The number of amides is 1. The zero-order valence-corrected chi connectivity index (χ0v) is 15.7. The van der Waals surface area contributed by atoms with E-state index in [0.29, 0.717) is 12.6 Å². The number of thiazole rings is 1. The largest absolute Gasteiger partial charge is 0.357 e. The first-order valence-corrected chi connectivity index (χ1v) is 9.65. The average Bonchev–Trinajstić information content (AvgIpc) is 3.32. The van der Waals surface area contributed by atoms with Gasteiger partial charge in [-0.25, -0.2) is 4.98 Å². The van der Waals surface area contributed by atoms with Crippen LogP contribution in [-0.4, -0.2) is 65.4 Å². The molecule has 1 aromatic rings. The van der Waals surface area contributed by atoms with Gasteiger partial charge in [0.25, 0.3) is 0 Å². The van der Waals surface area contributed by atoms with E-state index in [-0.39, 0.29) is 5.91 Å². The van der Waals surface area contributed by atoms with Gasteiger partial charge < -0.3 is 15.1 Å². The Labute approximate surface area is 148 Å². The van der Waals surface area contributed by atoms with Crippen molar-refractivity contribution in [2.75, 3.05) is 32.7 Å². The molecule has 0 unspecified atom stereocenters. The van der Waals surface area contributed by atoms with Crippen LogP contribution < -0.4 is 5.32 Å². The average molecular weight is 350 g/mol. The van der Waals surface area contributed by atoms with Crippen molar-refractivity contribution in [3.05, 3.63) is 15.6 Å². The lowest BCUT2D eigenvalue weighted by atomic mass is 10.3. The first-order chi connectivity index (χ1) is 11.6. The number of hydrogen-bond donors (Lipinski definition) is 1.